The zero-order valence-electron chi connectivity index (χ0n) is 13.7. The van der Waals surface area contributed by atoms with Crippen LogP contribution in [0.3, 0.4) is 0 Å². The molecule has 4 rings (SSSR count). The molecule has 2 aliphatic heterocycles. The van der Waals surface area contributed by atoms with Crippen molar-refractivity contribution in [3.05, 3.63) is 18.2 Å². The smallest absolute Gasteiger partial charge is 0.236 e. The summed E-state index contributed by atoms with van der Waals surface area (Å²) in [6.07, 6.45) is 8.75. The number of imidazole rings is 1. The second-order valence-corrected chi connectivity index (χ2v) is 7.18. The Hall–Kier alpha value is -1.40. The Balaban J connectivity index is 1.36. The van der Waals surface area contributed by atoms with E-state index in [2.05, 4.69) is 14.5 Å². The van der Waals surface area contributed by atoms with Gasteiger partial charge in [-0.25, -0.2) is 4.98 Å². The maximum atomic E-state index is 12.4. The van der Waals surface area contributed by atoms with Crippen molar-refractivity contribution in [2.75, 3.05) is 39.4 Å². The summed E-state index contributed by atoms with van der Waals surface area (Å²) < 4.78 is 8.13. The van der Waals surface area contributed by atoms with E-state index in [1.165, 1.54) is 18.5 Å². The number of ether oxygens (including phenoxy) is 1. The predicted molar refractivity (Wildman–Crippen MR) is 85.9 cm³/mol. The van der Waals surface area contributed by atoms with Crippen LogP contribution in [-0.2, 0) is 16.1 Å². The maximum absolute atomic E-state index is 12.4. The first kappa shape index (κ1) is 15.1. The minimum absolute atomic E-state index is 0.270. The Labute approximate surface area is 137 Å². The SMILES string of the molecule is O=C(CN1Cc2cncn2[C@H](COCC2CC2)C1)N1CCCC1. The molecule has 23 heavy (non-hydrogen) atoms. The lowest BCUT2D eigenvalue weighted by Crippen LogP contribution is -2.44. The van der Waals surface area contributed by atoms with Gasteiger partial charge in [0, 0.05) is 39.0 Å². The Morgan fingerprint density at radius 1 is 1.26 bits per heavy atom. The molecule has 0 N–H and O–H groups in total. The van der Waals surface area contributed by atoms with Crippen molar-refractivity contribution in [2.45, 2.75) is 38.3 Å². The zero-order valence-corrected chi connectivity index (χ0v) is 13.7. The van der Waals surface area contributed by atoms with Crippen molar-refractivity contribution in [3.8, 4) is 0 Å². The number of nitrogens with zero attached hydrogens (tertiary/aromatic N) is 4. The van der Waals surface area contributed by atoms with E-state index in [0.29, 0.717) is 13.2 Å². The molecule has 0 bridgehead atoms. The van der Waals surface area contributed by atoms with Gasteiger partial charge in [0.15, 0.2) is 0 Å². The number of carbonyl (C=O) groups excluding carboxylic acids is 1. The number of likely N-dealkylation sites (tertiary alicyclic amines) is 1. The molecule has 1 aromatic heterocycles. The monoisotopic (exact) mass is 318 g/mol. The van der Waals surface area contributed by atoms with Crippen LogP contribution in [0.15, 0.2) is 12.5 Å². The molecule has 0 radical (unpaired) electrons. The maximum Gasteiger partial charge on any atom is 0.236 e. The third-order valence-corrected chi connectivity index (χ3v) is 5.17. The minimum Gasteiger partial charge on any atom is -0.379 e. The lowest BCUT2D eigenvalue weighted by molar-refractivity contribution is -0.131. The molecule has 1 amide bonds. The lowest BCUT2D eigenvalue weighted by atomic mass is 10.2. The van der Waals surface area contributed by atoms with Crippen molar-refractivity contribution in [1.82, 2.24) is 19.4 Å². The first-order valence-electron chi connectivity index (χ1n) is 8.88. The summed E-state index contributed by atoms with van der Waals surface area (Å²) in [7, 11) is 0. The molecular weight excluding hydrogens is 292 g/mol. The van der Waals surface area contributed by atoms with E-state index in [4.69, 9.17) is 4.74 Å². The summed E-state index contributed by atoms with van der Waals surface area (Å²) in [5, 5.41) is 0. The largest absolute Gasteiger partial charge is 0.379 e. The average molecular weight is 318 g/mol. The third kappa shape index (κ3) is 3.58. The molecule has 1 aromatic rings. The van der Waals surface area contributed by atoms with E-state index >= 15 is 0 Å². The highest BCUT2D eigenvalue weighted by Crippen LogP contribution is 2.29. The standard InChI is InChI=1S/C17H26N4O2/c22-17(20-5-1-2-6-20)10-19-8-15-7-18-13-21(15)16(9-19)12-23-11-14-3-4-14/h7,13-14,16H,1-6,8-12H2/t16-/m0/s1. The number of amides is 1. The van der Waals surface area contributed by atoms with Crippen LogP contribution in [0.2, 0.25) is 0 Å². The van der Waals surface area contributed by atoms with Crippen LogP contribution < -0.4 is 0 Å². The predicted octanol–water partition coefficient (Wildman–Crippen LogP) is 1.29. The molecule has 1 saturated carbocycles. The fraction of sp³-hybridized carbons (Fsp3) is 0.765. The Morgan fingerprint density at radius 2 is 2.09 bits per heavy atom. The fourth-order valence-electron chi connectivity index (χ4n) is 3.63. The fourth-order valence-corrected chi connectivity index (χ4v) is 3.63. The number of hydrogen-bond acceptors (Lipinski definition) is 4. The van der Waals surface area contributed by atoms with Gasteiger partial charge in [0.05, 0.1) is 31.2 Å². The number of carbonyl (C=O) groups is 1. The van der Waals surface area contributed by atoms with Gasteiger partial charge in [0.1, 0.15) is 0 Å². The number of aromatic nitrogens is 2. The third-order valence-electron chi connectivity index (χ3n) is 5.17. The molecule has 6 nitrogen and oxygen atoms in total. The van der Waals surface area contributed by atoms with Gasteiger partial charge in [-0.15, -0.1) is 0 Å². The van der Waals surface area contributed by atoms with Crippen LogP contribution in [0.4, 0.5) is 0 Å². The van der Waals surface area contributed by atoms with E-state index < -0.39 is 0 Å². The van der Waals surface area contributed by atoms with Gasteiger partial charge in [0.2, 0.25) is 5.91 Å². The van der Waals surface area contributed by atoms with Crippen LogP contribution in [0.25, 0.3) is 0 Å². The van der Waals surface area contributed by atoms with Gasteiger partial charge in [-0.05, 0) is 31.6 Å². The van der Waals surface area contributed by atoms with Gasteiger partial charge in [-0.1, -0.05) is 0 Å². The molecule has 1 saturated heterocycles. The topological polar surface area (TPSA) is 50.6 Å². The number of rotatable bonds is 6. The molecule has 0 aromatic carbocycles. The summed E-state index contributed by atoms with van der Waals surface area (Å²) in [5.74, 6) is 1.06. The molecule has 6 heteroatoms. The average Bonchev–Trinajstić information content (AvgIpc) is 3.04. The molecule has 3 heterocycles. The highest BCUT2D eigenvalue weighted by molar-refractivity contribution is 5.78. The van der Waals surface area contributed by atoms with Crippen LogP contribution in [-0.4, -0.2) is 64.7 Å². The Morgan fingerprint density at radius 3 is 2.87 bits per heavy atom. The van der Waals surface area contributed by atoms with Crippen LogP contribution in [0, 0.1) is 5.92 Å². The second-order valence-electron chi connectivity index (χ2n) is 7.18. The van der Waals surface area contributed by atoms with Gasteiger partial charge in [-0.3, -0.25) is 9.69 Å². The Bertz CT molecular complexity index is 549. The molecule has 126 valence electrons. The second kappa shape index (κ2) is 6.61. The first-order chi connectivity index (χ1) is 11.3. The lowest BCUT2D eigenvalue weighted by Gasteiger charge is -2.34. The summed E-state index contributed by atoms with van der Waals surface area (Å²) in [6.45, 7) is 5.65. The van der Waals surface area contributed by atoms with Crippen molar-refractivity contribution in [1.29, 1.82) is 0 Å². The van der Waals surface area contributed by atoms with Crippen molar-refractivity contribution in [2.24, 2.45) is 5.92 Å². The summed E-state index contributed by atoms with van der Waals surface area (Å²) in [6, 6.07) is 0.270. The number of fused-ring (bicyclic) bond motifs is 1. The van der Waals surface area contributed by atoms with Crippen molar-refractivity contribution >= 4 is 5.91 Å². The van der Waals surface area contributed by atoms with Gasteiger partial charge in [0.25, 0.3) is 0 Å². The van der Waals surface area contributed by atoms with Crippen LogP contribution in [0.1, 0.15) is 37.4 Å². The highest BCUT2D eigenvalue weighted by atomic mass is 16.5. The minimum atomic E-state index is 0.270. The molecule has 3 aliphatic rings. The Kier molecular flexibility index (Phi) is 4.35. The van der Waals surface area contributed by atoms with Crippen molar-refractivity contribution < 1.29 is 9.53 Å². The molecule has 0 unspecified atom stereocenters. The van der Waals surface area contributed by atoms with Gasteiger partial charge < -0.3 is 14.2 Å². The first-order valence-corrected chi connectivity index (χ1v) is 8.88. The molecule has 1 atom stereocenters. The summed E-state index contributed by atoms with van der Waals surface area (Å²) in [4.78, 5) is 21.0. The summed E-state index contributed by atoms with van der Waals surface area (Å²) >= 11 is 0. The molecule has 2 fully saturated rings. The van der Waals surface area contributed by atoms with Gasteiger partial charge in [-0.2, -0.15) is 0 Å². The molecule has 0 spiro atoms. The van der Waals surface area contributed by atoms with E-state index in [9.17, 15) is 4.79 Å². The van der Waals surface area contributed by atoms with E-state index in [0.717, 1.165) is 51.5 Å². The molecule has 1 aliphatic carbocycles. The van der Waals surface area contributed by atoms with Crippen LogP contribution >= 0.6 is 0 Å². The van der Waals surface area contributed by atoms with E-state index in [1.807, 2.05) is 17.4 Å². The zero-order chi connectivity index (χ0) is 15.6. The van der Waals surface area contributed by atoms with Crippen molar-refractivity contribution in [3.63, 3.8) is 0 Å². The van der Waals surface area contributed by atoms with Crippen LogP contribution in [0.5, 0.6) is 0 Å². The molecular formula is C17H26N4O2. The summed E-state index contributed by atoms with van der Waals surface area (Å²) in [5.41, 5.74) is 1.19. The van der Waals surface area contributed by atoms with E-state index in [-0.39, 0.29) is 11.9 Å². The van der Waals surface area contributed by atoms with Gasteiger partial charge >= 0.3 is 0 Å². The highest BCUT2D eigenvalue weighted by Gasteiger charge is 2.29. The van der Waals surface area contributed by atoms with E-state index in [1.54, 1.807) is 0 Å². The number of hydrogen-bond donors (Lipinski definition) is 0. The normalized spacial score (nSPS) is 24.9. The quantitative estimate of drug-likeness (QED) is 0.793.